The van der Waals surface area contributed by atoms with Crippen LogP contribution >= 0.6 is 0 Å². The van der Waals surface area contributed by atoms with Gasteiger partial charge < -0.3 is 10.2 Å². The van der Waals surface area contributed by atoms with Crippen molar-refractivity contribution in [2.24, 2.45) is 0 Å². The Labute approximate surface area is 125 Å². The topological polar surface area (TPSA) is 28.2 Å². The van der Waals surface area contributed by atoms with E-state index in [1.807, 2.05) is 31.4 Å². The van der Waals surface area contributed by atoms with E-state index in [9.17, 15) is 4.39 Å². The molecule has 0 fully saturated rings. The number of hydrogen-bond acceptors (Lipinski definition) is 3. The van der Waals surface area contributed by atoms with Gasteiger partial charge in [0.2, 0.25) is 0 Å². The van der Waals surface area contributed by atoms with Gasteiger partial charge in [0.25, 0.3) is 0 Å². The van der Waals surface area contributed by atoms with E-state index in [0.717, 1.165) is 29.9 Å². The van der Waals surface area contributed by atoms with Gasteiger partial charge in [0, 0.05) is 49.8 Å². The SMILES string of the molecule is CC(C)NCc1cnccc1N(C)Cc1ccc(F)cc1. The molecule has 0 aliphatic carbocycles. The molecule has 1 heterocycles. The van der Waals surface area contributed by atoms with Crippen molar-refractivity contribution in [1.29, 1.82) is 0 Å². The Bertz CT molecular complexity index is 567. The third-order valence-corrected chi connectivity index (χ3v) is 3.32. The summed E-state index contributed by atoms with van der Waals surface area (Å²) in [6, 6.07) is 9.08. The molecule has 0 amide bonds. The maximum atomic E-state index is 13.0. The first-order chi connectivity index (χ1) is 10.1. The van der Waals surface area contributed by atoms with Crippen LogP contribution in [0, 0.1) is 5.82 Å². The molecule has 0 saturated heterocycles. The van der Waals surface area contributed by atoms with E-state index < -0.39 is 0 Å². The van der Waals surface area contributed by atoms with Gasteiger partial charge in [-0.3, -0.25) is 4.98 Å². The molecule has 0 aliphatic heterocycles. The first-order valence-electron chi connectivity index (χ1n) is 7.18. The van der Waals surface area contributed by atoms with Gasteiger partial charge in [-0.1, -0.05) is 26.0 Å². The highest BCUT2D eigenvalue weighted by atomic mass is 19.1. The molecule has 1 N–H and O–H groups in total. The number of nitrogens with zero attached hydrogens (tertiary/aromatic N) is 2. The normalized spacial score (nSPS) is 10.9. The minimum absolute atomic E-state index is 0.202. The standard InChI is InChI=1S/C17H22FN3/c1-13(2)20-11-15-10-19-9-8-17(15)21(3)12-14-4-6-16(18)7-5-14/h4-10,13,20H,11-12H2,1-3H3. The number of anilines is 1. The largest absolute Gasteiger partial charge is 0.370 e. The molecule has 0 bridgehead atoms. The maximum absolute atomic E-state index is 13.0. The zero-order chi connectivity index (χ0) is 15.2. The molecular formula is C17H22FN3. The summed E-state index contributed by atoms with van der Waals surface area (Å²) >= 11 is 0. The summed E-state index contributed by atoms with van der Waals surface area (Å²) in [4.78, 5) is 6.37. The van der Waals surface area contributed by atoms with Crippen LogP contribution in [0.4, 0.5) is 10.1 Å². The Balaban J connectivity index is 2.11. The fourth-order valence-corrected chi connectivity index (χ4v) is 2.19. The molecule has 0 atom stereocenters. The van der Waals surface area contributed by atoms with Crippen LogP contribution in [-0.2, 0) is 13.1 Å². The van der Waals surface area contributed by atoms with Gasteiger partial charge in [0.1, 0.15) is 5.82 Å². The number of benzene rings is 1. The van der Waals surface area contributed by atoms with Gasteiger partial charge in [0.15, 0.2) is 0 Å². The van der Waals surface area contributed by atoms with Crippen LogP contribution in [0.3, 0.4) is 0 Å². The van der Waals surface area contributed by atoms with Gasteiger partial charge in [-0.05, 0) is 23.8 Å². The fraction of sp³-hybridized carbons (Fsp3) is 0.353. The molecule has 0 saturated carbocycles. The third-order valence-electron chi connectivity index (χ3n) is 3.32. The molecule has 0 aliphatic rings. The smallest absolute Gasteiger partial charge is 0.123 e. The Morgan fingerprint density at radius 1 is 1.19 bits per heavy atom. The summed E-state index contributed by atoms with van der Waals surface area (Å²) in [5, 5.41) is 3.41. The lowest BCUT2D eigenvalue weighted by Gasteiger charge is -2.23. The quantitative estimate of drug-likeness (QED) is 0.883. The Morgan fingerprint density at radius 2 is 1.90 bits per heavy atom. The van der Waals surface area contributed by atoms with Crippen molar-refractivity contribution < 1.29 is 4.39 Å². The Hall–Kier alpha value is -1.94. The minimum atomic E-state index is -0.202. The van der Waals surface area contributed by atoms with Crippen LogP contribution in [0.2, 0.25) is 0 Å². The van der Waals surface area contributed by atoms with Crippen molar-refractivity contribution in [3.8, 4) is 0 Å². The summed E-state index contributed by atoms with van der Waals surface area (Å²) in [5.41, 5.74) is 3.39. The highest BCUT2D eigenvalue weighted by molar-refractivity contribution is 5.52. The number of pyridine rings is 1. The molecule has 112 valence electrons. The average molecular weight is 287 g/mol. The molecule has 0 radical (unpaired) electrons. The molecule has 0 spiro atoms. The van der Waals surface area contributed by atoms with Crippen LogP contribution < -0.4 is 10.2 Å². The van der Waals surface area contributed by atoms with Crippen molar-refractivity contribution >= 4 is 5.69 Å². The second kappa shape index (κ2) is 7.18. The van der Waals surface area contributed by atoms with E-state index in [2.05, 4.69) is 29.0 Å². The molecule has 3 nitrogen and oxygen atoms in total. The molecule has 2 rings (SSSR count). The molecule has 1 aromatic carbocycles. The molecule has 1 aromatic heterocycles. The van der Waals surface area contributed by atoms with Gasteiger partial charge in [-0.2, -0.15) is 0 Å². The van der Waals surface area contributed by atoms with E-state index in [0.29, 0.717) is 6.04 Å². The lowest BCUT2D eigenvalue weighted by atomic mass is 10.1. The number of nitrogens with one attached hydrogen (secondary N) is 1. The minimum Gasteiger partial charge on any atom is -0.370 e. The molecule has 2 aromatic rings. The number of rotatable bonds is 6. The van der Waals surface area contributed by atoms with E-state index in [1.165, 1.54) is 12.1 Å². The average Bonchev–Trinajstić information content (AvgIpc) is 2.47. The predicted octanol–water partition coefficient (Wildman–Crippen LogP) is 3.36. The molecule has 21 heavy (non-hydrogen) atoms. The lowest BCUT2D eigenvalue weighted by Crippen LogP contribution is -2.24. The lowest BCUT2D eigenvalue weighted by molar-refractivity contribution is 0.587. The monoisotopic (exact) mass is 287 g/mol. The summed E-state index contributed by atoms with van der Waals surface area (Å²) in [7, 11) is 2.04. The van der Waals surface area contributed by atoms with Gasteiger partial charge in [-0.15, -0.1) is 0 Å². The molecule has 4 heteroatoms. The highest BCUT2D eigenvalue weighted by Crippen LogP contribution is 2.20. The number of aromatic nitrogens is 1. The van der Waals surface area contributed by atoms with Crippen molar-refractivity contribution in [2.75, 3.05) is 11.9 Å². The van der Waals surface area contributed by atoms with Crippen molar-refractivity contribution in [3.05, 3.63) is 59.7 Å². The van der Waals surface area contributed by atoms with E-state index in [1.54, 1.807) is 6.20 Å². The van der Waals surface area contributed by atoms with Crippen LogP contribution in [0.5, 0.6) is 0 Å². The molecule has 0 unspecified atom stereocenters. The van der Waals surface area contributed by atoms with Crippen LogP contribution in [0.1, 0.15) is 25.0 Å². The van der Waals surface area contributed by atoms with Crippen LogP contribution in [-0.4, -0.2) is 18.1 Å². The zero-order valence-electron chi connectivity index (χ0n) is 12.8. The van der Waals surface area contributed by atoms with Crippen molar-refractivity contribution in [3.63, 3.8) is 0 Å². The van der Waals surface area contributed by atoms with Gasteiger partial charge >= 0.3 is 0 Å². The zero-order valence-corrected chi connectivity index (χ0v) is 12.8. The predicted molar refractivity (Wildman–Crippen MR) is 84.7 cm³/mol. The van der Waals surface area contributed by atoms with Crippen molar-refractivity contribution in [1.82, 2.24) is 10.3 Å². The second-order valence-corrected chi connectivity index (χ2v) is 5.52. The summed E-state index contributed by atoms with van der Waals surface area (Å²) in [5.74, 6) is -0.202. The van der Waals surface area contributed by atoms with Crippen LogP contribution in [0.15, 0.2) is 42.7 Å². The van der Waals surface area contributed by atoms with Crippen LogP contribution in [0.25, 0.3) is 0 Å². The van der Waals surface area contributed by atoms with Gasteiger partial charge in [0.05, 0.1) is 0 Å². The van der Waals surface area contributed by atoms with E-state index in [-0.39, 0.29) is 5.82 Å². The summed E-state index contributed by atoms with van der Waals surface area (Å²) < 4.78 is 13.0. The summed E-state index contributed by atoms with van der Waals surface area (Å²) in [6.07, 6.45) is 3.70. The van der Waals surface area contributed by atoms with E-state index in [4.69, 9.17) is 0 Å². The number of halogens is 1. The number of hydrogen-bond donors (Lipinski definition) is 1. The second-order valence-electron chi connectivity index (χ2n) is 5.52. The van der Waals surface area contributed by atoms with E-state index >= 15 is 0 Å². The van der Waals surface area contributed by atoms with Gasteiger partial charge in [-0.25, -0.2) is 4.39 Å². The Morgan fingerprint density at radius 3 is 2.57 bits per heavy atom. The van der Waals surface area contributed by atoms with Crippen molar-refractivity contribution in [2.45, 2.75) is 33.0 Å². The first kappa shape index (κ1) is 15.4. The third kappa shape index (κ3) is 4.53. The molecular weight excluding hydrogens is 265 g/mol. The summed E-state index contributed by atoms with van der Waals surface area (Å²) in [6.45, 7) is 5.77. The fourth-order valence-electron chi connectivity index (χ4n) is 2.19. The highest BCUT2D eigenvalue weighted by Gasteiger charge is 2.08. The first-order valence-corrected chi connectivity index (χ1v) is 7.18. The Kier molecular flexibility index (Phi) is 5.28. The maximum Gasteiger partial charge on any atom is 0.123 e.